The van der Waals surface area contributed by atoms with Crippen molar-refractivity contribution >= 4 is 17.4 Å². The summed E-state index contributed by atoms with van der Waals surface area (Å²) in [7, 11) is 3.01. The summed E-state index contributed by atoms with van der Waals surface area (Å²) in [6.45, 7) is 5.14. The number of rotatable bonds is 7. The molecule has 7 heteroatoms. The van der Waals surface area contributed by atoms with E-state index in [1.165, 1.54) is 19.1 Å². The van der Waals surface area contributed by atoms with E-state index >= 15 is 0 Å². The minimum absolute atomic E-state index is 0.0451. The number of aliphatic hydroxyl groups excluding tert-OH is 1. The molecular formula is C27H31NO6. The molecule has 180 valence electrons. The van der Waals surface area contributed by atoms with E-state index in [-0.39, 0.29) is 24.0 Å². The van der Waals surface area contributed by atoms with Crippen molar-refractivity contribution in [2.75, 3.05) is 27.4 Å². The lowest BCUT2D eigenvalue weighted by atomic mass is 9.93. The third kappa shape index (κ3) is 4.40. The van der Waals surface area contributed by atoms with Gasteiger partial charge in [0.2, 0.25) is 0 Å². The van der Waals surface area contributed by atoms with Crippen molar-refractivity contribution in [2.45, 2.75) is 44.8 Å². The summed E-state index contributed by atoms with van der Waals surface area (Å²) < 4.78 is 16.4. The highest BCUT2D eigenvalue weighted by Gasteiger charge is 2.47. The van der Waals surface area contributed by atoms with Crippen molar-refractivity contribution < 1.29 is 28.9 Å². The largest absolute Gasteiger partial charge is 0.507 e. The first-order valence-corrected chi connectivity index (χ1v) is 11.6. The zero-order chi connectivity index (χ0) is 24.4. The summed E-state index contributed by atoms with van der Waals surface area (Å²) in [4.78, 5) is 28.0. The van der Waals surface area contributed by atoms with Crippen LogP contribution in [0.5, 0.6) is 11.5 Å². The van der Waals surface area contributed by atoms with Crippen LogP contribution in [-0.2, 0) is 14.3 Å². The molecule has 2 fully saturated rings. The fraction of sp³-hybridized carbons (Fsp3) is 0.407. The van der Waals surface area contributed by atoms with Gasteiger partial charge in [-0.05, 0) is 42.0 Å². The Labute approximate surface area is 199 Å². The van der Waals surface area contributed by atoms with Crippen LogP contribution in [0.1, 0.15) is 55.3 Å². The van der Waals surface area contributed by atoms with Crippen molar-refractivity contribution in [3.63, 3.8) is 0 Å². The topological polar surface area (TPSA) is 85.3 Å². The van der Waals surface area contributed by atoms with Crippen molar-refractivity contribution in [2.24, 2.45) is 0 Å². The Balaban J connectivity index is 1.84. The molecule has 0 spiro atoms. The molecule has 7 nitrogen and oxygen atoms in total. The molecule has 1 amide bonds. The maximum absolute atomic E-state index is 13.3. The van der Waals surface area contributed by atoms with E-state index in [0.717, 1.165) is 24.0 Å². The Morgan fingerprint density at radius 3 is 2.44 bits per heavy atom. The Hall–Kier alpha value is -3.32. The molecule has 0 radical (unpaired) electrons. The maximum Gasteiger partial charge on any atom is 0.295 e. The van der Waals surface area contributed by atoms with E-state index in [9.17, 15) is 14.7 Å². The Morgan fingerprint density at radius 2 is 1.85 bits per heavy atom. The minimum atomic E-state index is -0.725. The second-order valence-electron chi connectivity index (χ2n) is 8.97. The molecule has 2 saturated heterocycles. The number of Topliss-reactive ketones (excluding diaryl/α,β-unsaturated/α-hetero) is 1. The predicted octanol–water partition coefficient (Wildman–Crippen LogP) is 4.43. The molecule has 0 bridgehead atoms. The van der Waals surface area contributed by atoms with Crippen LogP contribution in [0, 0.1) is 0 Å². The number of benzene rings is 2. The van der Waals surface area contributed by atoms with Crippen LogP contribution in [0.4, 0.5) is 0 Å². The predicted molar refractivity (Wildman–Crippen MR) is 128 cm³/mol. The normalized spacial score (nSPS) is 22.0. The second-order valence-corrected chi connectivity index (χ2v) is 8.97. The molecule has 1 N–H and O–H groups in total. The zero-order valence-electron chi connectivity index (χ0n) is 20.0. The smallest absolute Gasteiger partial charge is 0.295 e. The average molecular weight is 466 g/mol. The number of ketones is 1. The monoisotopic (exact) mass is 465 g/mol. The first-order valence-electron chi connectivity index (χ1n) is 11.6. The number of hydrogen-bond donors (Lipinski definition) is 1. The van der Waals surface area contributed by atoms with Gasteiger partial charge in [-0.25, -0.2) is 0 Å². The standard InChI is InChI=1S/C27H31NO6/c1-16(2)17-7-9-18(10-8-17)24-23(25(29)21-12-11-19(32-3)14-22(21)33-4)26(30)27(31)28(24)15-20-6-5-13-34-20/h7-12,14,16,20,24,29H,5-6,13,15H2,1-4H3/b25-23-. The lowest BCUT2D eigenvalue weighted by Gasteiger charge is -2.28. The van der Waals surface area contributed by atoms with E-state index in [1.54, 1.807) is 18.2 Å². The fourth-order valence-corrected chi connectivity index (χ4v) is 4.63. The number of nitrogens with zero attached hydrogens (tertiary/aromatic N) is 1. The van der Waals surface area contributed by atoms with Gasteiger partial charge < -0.3 is 24.2 Å². The van der Waals surface area contributed by atoms with Gasteiger partial charge in [0.25, 0.3) is 11.7 Å². The molecule has 34 heavy (non-hydrogen) atoms. The van der Waals surface area contributed by atoms with E-state index < -0.39 is 17.7 Å². The van der Waals surface area contributed by atoms with Crippen molar-refractivity contribution in [3.8, 4) is 11.5 Å². The average Bonchev–Trinajstić information content (AvgIpc) is 3.45. The summed E-state index contributed by atoms with van der Waals surface area (Å²) in [5.74, 6) is -0.389. The highest BCUT2D eigenvalue weighted by Crippen LogP contribution is 2.42. The van der Waals surface area contributed by atoms with Crippen LogP contribution in [-0.4, -0.2) is 55.2 Å². The number of hydrogen-bond acceptors (Lipinski definition) is 6. The van der Waals surface area contributed by atoms with Gasteiger partial charge in [-0.2, -0.15) is 0 Å². The maximum atomic E-state index is 13.3. The van der Waals surface area contributed by atoms with E-state index in [4.69, 9.17) is 14.2 Å². The van der Waals surface area contributed by atoms with Gasteiger partial charge in [-0.1, -0.05) is 38.1 Å². The van der Waals surface area contributed by atoms with Crippen LogP contribution in [0.15, 0.2) is 48.0 Å². The van der Waals surface area contributed by atoms with Crippen molar-refractivity contribution in [1.82, 2.24) is 4.90 Å². The first-order chi connectivity index (χ1) is 16.3. The summed E-state index contributed by atoms with van der Waals surface area (Å²) in [6, 6.07) is 12.0. The van der Waals surface area contributed by atoms with Crippen LogP contribution in [0.2, 0.25) is 0 Å². The number of aliphatic hydroxyl groups is 1. The summed E-state index contributed by atoms with van der Waals surface area (Å²) >= 11 is 0. The lowest BCUT2D eigenvalue weighted by molar-refractivity contribution is -0.140. The van der Waals surface area contributed by atoms with Gasteiger partial charge in [-0.3, -0.25) is 9.59 Å². The van der Waals surface area contributed by atoms with E-state index in [1.807, 2.05) is 24.3 Å². The molecule has 2 aromatic rings. The summed E-state index contributed by atoms with van der Waals surface area (Å²) in [6.07, 6.45) is 1.62. The quantitative estimate of drug-likeness (QED) is 0.370. The van der Waals surface area contributed by atoms with Crippen LogP contribution < -0.4 is 9.47 Å². The lowest BCUT2D eigenvalue weighted by Crippen LogP contribution is -2.36. The Bertz CT molecular complexity index is 1100. The van der Waals surface area contributed by atoms with Gasteiger partial charge in [0, 0.05) is 19.2 Å². The number of methoxy groups -OCH3 is 2. The molecule has 0 saturated carbocycles. The fourth-order valence-electron chi connectivity index (χ4n) is 4.63. The Kier molecular flexibility index (Phi) is 6.93. The van der Waals surface area contributed by atoms with Gasteiger partial charge in [0.15, 0.2) is 0 Å². The number of carbonyl (C=O) groups is 2. The highest BCUT2D eigenvalue weighted by atomic mass is 16.5. The van der Waals surface area contributed by atoms with Gasteiger partial charge >= 0.3 is 0 Å². The van der Waals surface area contributed by atoms with Gasteiger partial charge in [0.1, 0.15) is 17.3 Å². The second kappa shape index (κ2) is 9.89. The summed E-state index contributed by atoms with van der Waals surface area (Å²) in [5, 5.41) is 11.4. The third-order valence-corrected chi connectivity index (χ3v) is 6.55. The number of carbonyl (C=O) groups excluding carboxylic acids is 2. The SMILES string of the molecule is COc1ccc(/C(O)=C2/C(=O)C(=O)N(CC3CCCO3)C2c2ccc(C(C)C)cc2)c(OC)c1. The van der Waals surface area contributed by atoms with Gasteiger partial charge in [-0.15, -0.1) is 0 Å². The molecule has 2 unspecified atom stereocenters. The van der Waals surface area contributed by atoms with E-state index in [0.29, 0.717) is 29.6 Å². The molecule has 2 aliphatic rings. The van der Waals surface area contributed by atoms with Gasteiger partial charge in [0.05, 0.1) is 37.5 Å². The first kappa shape index (κ1) is 23.8. The van der Waals surface area contributed by atoms with Crippen LogP contribution in [0.3, 0.4) is 0 Å². The summed E-state index contributed by atoms with van der Waals surface area (Å²) in [5.41, 5.74) is 2.28. The molecule has 2 heterocycles. The van der Waals surface area contributed by atoms with Crippen LogP contribution in [0.25, 0.3) is 5.76 Å². The number of ether oxygens (including phenoxy) is 3. The molecule has 0 aromatic heterocycles. The third-order valence-electron chi connectivity index (χ3n) is 6.55. The highest BCUT2D eigenvalue weighted by molar-refractivity contribution is 6.46. The Morgan fingerprint density at radius 1 is 1.12 bits per heavy atom. The molecule has 0 aliphatic carbocycles. The van der Waals surface area contributed by atoms with E-state index in [2.05, 4.69) is 13.8 Å². The minimum Gasteiger partial charge on any atom is -0.507 e. The van der Waals surface area contributed by atoms with Crippen LogP contribution >= 0.6 is 0 Å². The number of likely N-dealkylation sites (tertiary alicyclic amines) is 1. The molecule has 4 rings (SSSR count). The number of amides is 1. The molecular weight excluding hydrogens is 434 g/mol. The molecule has 2 aromatic carbocycles. The van der Waals surface area contributed by atoms with Crippen molar-refractivity contribution in [1.29, 1.82) is 0 Å². The van der Waals surface area contributed by atoms with Crippen molar-refractivity contribution in [3.05, 3.63) is 64.7 Å². The molecule has 2 aliphatic heterocycles. The zero-order valence-corrected chi connectivity index (χ0v) is 20.0. The molecule has 2 atom stereocenters.